The van der Waals surface area contributed by atoms with Crippen LogP contribution in [0.15, 0.2) is 152 Å². The maximum atomic E-state index is 2.38. The predicted molar refractivity (Wildman–Crippen MR) is 165 cm³/mol. The van der Waals surface area contributed by atoms with Crippen LogP contribution in [0.2, 0.25) is 0 Å². The van der Waals surface area contributed by atoms with Crippen LogP contribution in [-0.2, 0) is 6.16 Å². The molecule has 0 heterocycles. The molecular formula is C34H36BP. The summed E-state index contributed by atoms with van der Waals surface area (Å²) in [4.78, 5) is 0. The van der Waals surface area contributed by atoms with Crippen LogP contribution in [-0.4, -0.2) is 26.1 Å². The van der Waals surface area contributed by atoms with Gasteiger partial charge in [0.15, 0.2) is 0 Å². The van der Waals surface area contributed by atoms with Gasteiger partial charge in [0.05, 0.1) is 6.16 Å². The molecule has 0 aromatic heterocycles. The molecule has 0 aliphatic rings. The zero-order chi connectivity index (χ0) is 25.3. The van der Waals surface area contributed by atoms with Crippen LogP contribution >= 0.6 is 7.26 Å². The van der Waals surface area contributed by atoms with Crippen molar-refractivity contribution in [3.63, 3.8) is 0 Å². The highest BCUT2D eigenvalue weighted by Crippen LogP contribution is 2.49. The van der Waals surface area contributed by atoms with Crippen molar-refractivity contribution in [1.29, 1.82) is 0 Å². The molecule has 5 aromatic carbocycles. The Kier molecular flexibility index (Phi) is 8.58. The molecular weight excluding hydrogens is 450 g/mol. The second-order valence-corrected chi connectivity index (χ2v) is 15.3. The van der Waals surface area contributed by atoms with E-state index in [1.54, 1.807) is 0 Å². The molecule has 0 radical (unpaired) electrons. The molecule has 0 nitrogen and oxygen atoms in total. The van der Waals surface area contributed by atoms with Crippen LogP contribution in [0.3, 0.4) is 0 Å². The topological polar surface area (TPSA) is 0 Å². The van der Waals surface area contributed by atoms with Crippen LogP contribution in [0.25, 0.3) is 0 Å². The van der Waals surface area contributed by atoms with Gasteiger partial charge in [-0.25, -0.2) is 0 Å². The van der Waals surface area contributed by atoms with Crippen LogP contribution in [0.4, 0.5) is 0 Å². The summed E-state index contributed by atoms with van der Waals surface area (Å²) >= 11 is 0. The van der Waals surface area contributed by atoms with Crippen molar-refractivity contribution in [1.82, 2.24) is 0 Å². The summed E-state index contributed by atoms with van der Waals surface area (Å²) in [6, 6.07) is 54.3. The van der Waals surface area contributed by atoms with E-state index in [1.807, 2.05) is 0 Å². The van der Waals surface area contributed by atoms with Crippen molar-refractivity contribution in [2.75, 3.05) is 20.0 Å². The molecule has 5 aromatic rings. The lowest BCUT2D eigenvalue weighted by Crippen LogP contribution is -2.74. The molecule has 0 aliphatic heterocycles. The minimum Gasteiger partial charge on any atom is -0.195 e. The molecule has 0 aliphatic carbocycles. The fourth-order valence-corrected chi connectivity index (χ4v) is 6.56. The Morgan fingerprint density at radius 1 is 0.389 bits per heavy atom. The second-order valence-electron chi connectivity index (χ2n) is 10.4. The summed E-state index contributed by atoms with van der Waals surface area (Å²) in [7, 11) is -0.638. The first-order valence-corrected chi connectivity index (χ1v) is 16.0. The lowest BCUT2D eigenvalue weighted by atomic mass is 9.13. The smallest absolute Gasteiger partial charge is 0.108 e. The van der Waals surface area contributed by atoms with E-state index < -0.39 is 13.4 Å². The molecule has 5 rings (SSSR count). The third-order valence-electron chi connectivity index (χ3n) is 6.70. The van der Waals surface area contributed by atoms with E-state index in [-0.39, 0.29) is 0 Å². The van der Waals surface area contributed by atoms with Crippen LogP contribution in [0.1, 0.15) is 5.56 Å². The Balaban J connectivity index is 0.000000233. The maximum absolute atomic E-state index is 2.38. The van der Waals surface area contributed by atoms with Gasteiger partial charge in [-0.15, -0.1) is 0 Å². The summed E-state index contributed by atoms with van der Waals surface area (Å²) in [5.41, 5.74) is 6.84. The number of hydrogen-bond acceptors (Lipinski definition) is 0. The van der Waals surface area contributed by atoms with Gasteiger partial charge in [-0.1, -0.05) is 152 Å². The minimum absolute atomic E-state index is 0.638. The van der Waals surface area contributed by atoms with Crippen molar-refractivity contribution >= 4 is 35.3 Å². The number of benzene rings is 5. The molecule has 0 unspecified atom stereocenters. The lowest BCUT2D eigenvalue weighted by molar-refractivity contribution is 1.38. The van der Waals surface area contributed by atoms with Crippen LogP contribution in [0, 0.1) is 0 Å². The fraction of sp³-hybridized carbons (Fsp3) is 0.118. The molecule has 0 atom stereocenters. The Labute approximate surface area is 218 Å². The highest BCUT2D eigenvalue weighted by atomic mass is 31.2. The van der Waals surface area contributed by atoms with Crippen molar-refractivity contribution in [2.45, 2.75) is 6.16 Å². The van der Waals surface area contributed by atoms with E-state index in [0.29, 0.717) is 0 Å². The Hall–Kier alpha value is -3.41. The normalized spacial score (nSPS) is 11.3. The van der Waals surface area contributed by atoms with E-state index >= 15 is 0 Å². The Morgan fingerprint density at radius 3 is 0.889 bits per heavy atom. The summed E-state index contributed by atoms with van der Waals surface area (Å²) in [5.74, 6) is 0. The van der Waals surface area contributed by atoms with Crippen LogP contribution < -0.4 is 21.9 Å². The first-order chi connectivity index (χ1) is 17.5. The largest absolute Gasteiger partial charge is 0.195 e. The van der Waals surface area contributed by atoms with Crippen molar-refractivity contribution in [2.24, 2.45) is 0 Å². The van der Waals surface area contributed by atoms with E-state index in [9.17, 15) is 0 Å². The quantitative estimate of drug-likeness (QED) is 0.199. The van der Waals surface area contributed by atoms with E-state index in [0.717, 1.165) is 0 Å². The molecule has 0 N–H and O–H groups in total. The molecule has 0 saturated heterocycles. The second kappa shape index (κ2) is 12.0. The molecule has 0 fully saturated rings. The molecule has 0 saturated carbocycles. The maximum Gasteiger partial charge on any atom is 0.108 e. The summed E-state index contributed by atoms with van der Waals surface area (Å²) in [5, 5.41) is 0. The van der Waals surface area contributed by atoms with Gasteiger partial charge < -0.3 is 0 Å². The fourth-order valence-electron chi connectivity index (χ4n) is 5.25. The van der Waals surface area contributed by atoms with E-state index in [2.05, 4.69) is 172 Å². The third kappa shape index (κ3) is 6.23. The van der Waals surface area contributed by atoms with Crippen molar-refractivity contribution < 1.29 is 0 Å². The lowest BCUT2D eigenvalue weighted by Gasteiger charge is -2.44. The number of rotatable bonds is 6. The Bertz CT molecular complexity index is 1130. The first kappa shape index (κ1) is 25.7. The average Bonchev–Trinajstić information content (AvgIpc) is 2.92. The van der Waals surface area contributed by atoms with Gasteiger partial charge >= 0.3 is 0 Å². The molecule has 36 heavy (non-hydrogen) atoms. The highest BCUT2D eigenvalue weighted by Gasteiger charge is 2.31. The molecule has 0 spiro atoms. The van der Waals surface area contributed by atoms with Crippen molar-refractivity contribution in [3.05, 3.63) is 157 Å². The van der Waals surface area contributed by atoms with Gasteiger partial charge in [-0.2, -0.15) is 21.9 Å². The average molecular weight is 486 g/mol. The van der Waals surface area contributed by atoms with Gasteiger partial charge in [0.25, 0.3) is 0 Å². The van der Waals surface area contributed by atoms with Gasteiger partial charge in [0.1, 0.15) is 6.15 Å². The molecule has 180 valence electrons. The number of hydrogen-bond donors (Lipinski definition) is 0. The van der Waals surface area contributed by atoms with Crippen LogP contribution in [0.5, 0.6) is 0 Å². The molecule has 0 amide bonds. The van der Waals surface area contributed by atoms with E-state index in [1.165, 1.54) is 33.6 Å². The Morgan fingerprint density at radius 2 is 0.639 bits per heavy atom. The van der Waals surface area contributed by atoms with Gasteiger partial charge in [0.2, 0.25) is 0 Å². The zero-order valence-electron chi connectivity index (χ0n) is 21.7. The zero-order valence-corrected chi connectivity index (χ0v) is 22.6. The summed E-state index contributed by atoms with van der Waals surface area (Å²) in [6.07, 6.45) is 0.0561. The monoisotopic (exact) mass is 486 g/mol. The first-order valence-electron chi connectivity index (χ1n) is 12.7. The van der Waals surface area contributed by atoms with E-state index in [4.69, 9.17) is 0 Å². The third-order valence-corrected chi connectivity index (χ3v) is 8.01. The molecule has 2 heteroatoms. The summed E-state index contributed by atoms with van der Waals surface area (Å²) in [6.45, 7) is 7.12. The molecule has 0 bridgehead atoms. The predicted octanol–water partition coefficient (Wildman–Crippen LogP) is 6.16. The SMILES string of the molecule is C[P+](C)(C)Cc1ccccc1.c1ccc([B-](c2ccccc2)(c2ccccc2)c2ccccc2)cc1. The van der Waals surface area contributed by atoms with Gasteiger partial charge in [0, 0.05) is 27.3 Å². The van der Waals surface area contributed by atoms with Gasteiger partial charge in [-0.05, 0) is 5.56 Å². The standard InChI is InChI=1S/C24H20B.C10H16P/c1-5-13-21(14-6-1)25(22-15-7-2-8-16-22,23-17-9-3-10-18-23)24-19-11-4-12-20-24;1-11(2,3)9-10-7-5-4-6-8-10/h1-20H;4-8H,9H2,1-3H3/q-1;+1. The van der Waals surface area contributed by atoms with Gasteiger partial charge in [-0.3, -0.25) is 0 Å². The summed E-state index contributed by atoms with van der Waals surface area (Å²) < 4.78 is 0. The van der Waals surface area contributed by atoms with Crippen molar-refractivity contribution in [3.8, 4) is 0 Å². The highest BCUT2D eigenvalue weighted by molar-refractivity contribution is 7.72. The minimum atomic E-state index is -1.22.